The Morgan fingerprint density at radius 1 is 1.36 bits per heavy atom. The molecule has 0 radical (unpaired) electrons. The van der Waals surface area contributed by atoms with Crippen LogP contribution < -0.4 is 0 Å². The molecule has 0 bridgehead atoms. The quantitative estimate of drug-likeness (QED) is 0.531. The Kier molecular flexibility index (Phi) is 6.85. The summed E-state index contributed by atoms with van der Waals surface area (Å²) in [6.07, 6.45) is 0.773. The maximum atomic E-state index is 11.5. The average Bonchev–Trinajstić information content (AvgIpc) is 2.14. The lowest BCUT2D eigenvalue weighted by Gasteiger charge is -2.12. The van der Waals surface area contributed by atoms with Gasteiger partial charge < -0.3 is 9.05 Å². The molecule has 0 aromatic carbocycles. The SMILES string of the molecule is C=C(I)CCC(=O)CP(=O)(OC)OC. The second-order valence-electron chi connectivity index (χ2n) is 2.69. The van der Waals surface area contributed by atoms with Crippen molar-refractivity contribution in [3.63, 3.8) is 0 Å². The molecule has 0 amide bonds. The van der Waals surface area contributed by atoms with Crippen LogP contribution >= 0.6 is 30.2 Å². The van der Waals surface area contributed by atoms with Gasteiger partial charge in [0.25, 0.3) is 0 Å². The molecule has 0 atom stereocenters. The molecule has 0 aliphatic heterocycles. The fraction of sp³-hybridized carbons (Fsp3) is 0.625. The van der Waals surface area contributed by atoms with Crippen LogP contribution in [0, 0.1) is 0 Å². The van der Waals surface area contributed by atoms with Gasteiger partial charge in [-0.05, 0) is 32.6 Å². The van der Waals surface area contributed by atoms with Gasteiger partial charge in [0.1, 0.15) is 11.9 Å². The minimum absolute atomic E-state index is 0.130. The first kappa shape index (κ1) is 14.3. The van der Waals surface area contributed by atoms with Crippen molar-refractivity contribution in [3.05, 3.63) is 10.2 Å². The molecule has 0 aromatic rings. The summed E-state index contributed by atoms with van der Waals surface area (Å²) >= 11 is 2.05. The van der Waals surface area contributed by atoms with Crippen LogP contribution in [0.4, 0.5) is 0 Å². The highest BCUT2D eigenvalue weighted by atomic mass is 127. The molecule has 14 heavy (non-hydrogen) atoms. The Labute approximate surface area is 97.7 Å². The lowest BCUT2D eigenvalue weighted by atomic mass is 10.2. The Morgan fingerprint density at radius 2 is 1.86 bits per heavy atom. The molecule has 0 N–H and O–H groups in total. The van der Waals surface area contributed by atoms with E-state index in [0.717, 1.165) is 3.58 Å². The lowest BCUT2D eigenvalue weighted by Crippen LogP contribution is -2.07. The molecule has 0 heterocycles. The highest BCUT2D eigenvalue weighted by Crippen LogP contribution is 2.46. The van der Waals surface area contributed by atoms with Gasteiger partial charge in [-0.2, -0.15) is 0 Å². The standard InChI is InChI=1S/C8H14IO4P/c1-7(9)4-5-8(10)6-14(11,12-2)13-3/h1,4-6H2,2-3H3. The lowest BCUT2D eigenvalue weighted by molar-refractivity contribution is -0.116. The molecule has 0 spiro atoms. The van der Waals surface area contributed by atoms with Crippen molar-refractivity contribution in [2.75, 3.05) is 20.4 Å². The van der Waals surface area contributed by atoms with Gasteiger partial charge in [-0.25, -0.2) is 0 Å². The van der Waals surface area contributed by atoms with Crippen LogP contribution in [0.3, 0.4) is 0 Å². The Balaban J connectivity index is 4.05. The topological polar surface area (TPSA) is 52.6 Å². The van der Waals surface area contributed by atoms with Crippen molar-refractivity contribution >= 4 is 36.0 Å². The summed E-state index contributed by atoms with van der Waals surface area (Å²) in [5, 5.41) is 0. The van der Waals surface area contributed by atoms with E-state index in [9.17, 15) is 9.36 Å². The van der Waals surface area contributed by atoms with Crippen LogP contribution in [0.5, 0.6) is 0 Å². The smallest absolute Gasteiger partial charge is 0.312 e. The number of rotatable bonds is 7. The predicted octanol–water partition coefficient (Wildman–Crippen LogP) is 2.77. The summed E-state index contributed by atoms with van der Waals surface area (Å²) in [6.45, 7) is 3.67. The van der Waals surface area contributed by atoms with Gasteiger partial charge in [0.2, 0.25) is 0 Å². The number of Topliss-reactive ketones (excluding diaryl/α,β-unsaturated/α-hetero) is 1. The number of halogens is 1. The van der Waals surface area contributed by atoms with Crippen molar-refractivity contribution in [3.8, 4) is 0 Å². The zero-order valence-corrected chi connectivity index (χ0v) is 11.3. The van der Waals surface area contributed by atoms with Crippen molar-refractivity contribution in [2.24, 2.45) is 0 Å². The first-order valence-electron chi connectivity index (χ1n) is 3.99. The number of carbonyl (C=O) groups is 1. The van der Waals surface area contributed by atoms with Gasteiger partial charge in [-0.15, -0.1) is 0 Å². The van der Waals surface area contributed by atoms with E-state index in [1.54, 1.807) is 0 Å². The van der Waals surface area contributed by atoms with Gasteiger partial charge in [0, 0.05) is 20.6 Å². The third kappa shape index (κ3) is 5.90. The molecule has 0 unspecified atom stereocenters. The molecular weight excluding hydrogens is 318 g/mol. The van der Waals surface area contributed by atoms with Gasteiger partial charge >= 0.3 is 7.60 Å². The van der Waals surface area contributed by atoms with Gasteiger partial charge in [0.15, 0.2) is 0 Å². The molecule has 4 nitrogen and oxygen atoms in total. The first-order valence-corrected chi connectivity index (χ1v) is 6.79. The Bertz CT molecular complexity index is 256. The molecule has 0 fully saturated rings. The van der Waals surface area contributed by atoms with E-state index in [1.165, 1.54) is 14.2 Å². The van der Waals surface area contributed by atoms with E-state index in [4.69, 9.17) is 0 Å². The van der Waals surface area contributed by atoms with Crippen LogP contribution in [-0.2, 0) is 18.4 Å². The summed E-state index contributed by atoms with van der Waals surface area (Å²) in [7, 11) is -0.634. The normalized spacial score (nSPS) is 11.4. The minimum Gasteiger partial charge on any atom is -0.312 e. The third-order valence-corrected chi connectivity index (χ3v) is 3.99. The first-order chi connectivity index (χ1) is 6.43. The molecule has 0 saturated carbocycles. The summed E-state index contributed by atoms with van der Waals surface area (Å²) < 4.78 is 21.7. The Morgan fingerprint density at radius 3 is 2.21 bits per heavy atom. The highest BCUT2D eigenvalue weighted by molar-refractivity contribution is 14.1. The second-order valence-corrected chi connectivity index (χ2v) is 6.48. The fourth-order valence-electron chi connectivity index (χ4n) is 0.774. The predicted molar refractivity (Wildman–Crippen MR) is 63.9 cm³/mol. The van der Waals surface area contributed by atoms with E-state index in [2.05, 4.69) is 38.2 Å². The average molecular weight is 332 g/mol. The van der Waals surface area contributed by atoms with E-state index in [1.807, 2.05) is 0 Å². The zero-order valence-electron chi connectivity index (χ0n) is 8.29. The van der Waals surface area contributed by atoms with E-state index in [0.29, 0.717) is 12.8 Å². The van der Waals surface area contributed by atoms with Crippen molar-refractivity contribution in [1.29, 1.82) is 0 Å². The molecule has 0 saturated heterocycles. The van der Waals surface area contributed by atoms with Crippen LogP contribution in [0.25, 0.3) is 0 Å². The molecule has 0 aliphatic rings. The second kappa shape index (κ2) is 6.71. The number of hydrogen-bond donors (Lipinski definition) is 0. The molecule has 0 aromatic heterocycles. The van der Waals surface area contributed by atoms with Crippen molar-refractivity contribution < 1.29 is 18.4 Å². The number of allylic oxidation sites excluding steroid dienone is 1. The van der Waals surface area contributed by atoms with Crippen LogP contribution in [-0.4, -0.2) is 26.2 Å². The zero-order chi connectivity index (χ0) is 11.2. The van der Waals surface area contributed by atoms with Crippen molar-refractivity contribution in [1.82, 2.24) is 0 Å². The van der Waals surface area contributed by atoms with E-state index in [-0.39, 0.29) is 11.9 Å². The molecular formula is C8H14IO4P. The molecule has 82 valence electrons. The summed E-state index contributed by atoms with van der Waals surface area (Å²) in [5.41, 5.74) is 0. The number of ketones is 1. The number of hydrogen-bond acceptors (Lipinski definition) is 4. The molecule has 0 aliphatic carbocycles. The minimum atomic E-state index is -3.18. The largest absolute Gasteiger partial charge is 0.337 e. The monoisotopic (exact) mass is 332 g/mol. The summed E-state index contributed by atoms with van der Waals surface area (Å²) in [6, 6.07) is 0. The summed E-state index contributed by atoms with van der Waals surface area (Å²) in [4.78, 5) is 11.3. The van der Waals surface area contributed by atoms with Gasteiger partial charge in [-0.3, -0.25) is 9.36 Å². The molecule has 0 rings (SSSR count). The highest BCUT2D eigenvalue weighted by Gasteiger charge is 2.24. The third-order valence-electron chi connectivity index (χ3n) is 1.60. The van der Waals surface area contributed by atoms with Gasteiger partial charge in [0.05, 0.1) is 0 Å². The summed E-state index contributed by atoms with van der Waals surface area (Å²) in [5.74, 6) is -0.130. The molecule has 6 heteroatoms. The number of carbonyl (C=O) groups excluding carboxylic acids is 1. The van der Waals surface area contributed by atoms with Gasteiger partial charge in [-0.1, -0.05) is 6.58 Å². The van der Waals surface area contributed by atoms with E-state index >= 15 is 0 Å². The van der Waals surface area contributed by atoms with Crippen LogP contribution in [0.15, 0.2) is 10.2 Å². The fourth-order valence-corrected chi connectivity index (χ4v) is 2.04. The van der Waals surface area contributed by atoms with Crippen LogP contribution in [0.1, 0.15) is 12.8 Å². The van der Waals surface area contributed by atoms with Crippen LogP contribution in [0.2, 0.25) is 0 Å². The Hall–Kier alpha value is 0.290. The maximum Gasteiger partial charge on any atom is 0.337 e. The van der Waals surface area contributed by atoms with E-state index < -0.39 is 7.60 Å². The maximum absolute atomic E-state index is 11.5. The van der Waals surface area contributed by atoms with Crippen molar-refractivity contribution in [2.45, 2.75) is 12.8 Å².